The molecular weight excluding hydrogens is 502 g/mol. The largest absolute Gasteiger partial charge is 0.493 e. The molecule has 0 unspecified atom stereocenters. The smallest absolute Gasteiger partial charge is 0.280 e. The van der Waals surface area contributed by atoms with Crippen molar-refractivity contribution in [2.75, 3.05) is 7.11 Å². The van der Waals surface area contributed by atoms with Gasteiger partial charge in [-0.2, -0.15) is 0 Å². The lowest BCUT2D eigenvalue weighted by molar-refractivity contribution is -0.122. The zero-order valence-corrected chi connectivity index (χ0v) is 17.9. The van der Waals surface area contributed by atoms with Crippen LogP contribution in [-0.2, 0) is 11.4 Å². The Bertz CT molecular complexity index is 952. The molecule has 0 saturated carbocycles. The lowest BCUT2D eigenvalue weighted by Crippen LogP contribution is -2.34. The van der Waals surface area contributed by atoms with Gasteiger partial charge in [0.25, 0.3) is 5.91 Å². The second kappa shape index (κ2) is 8.55. The summed E-state index contributed by atoms with van der Waals surface area (Å²) in [5.41, 5.74) is 1.19. The molecule has 0 bridgehead atoms. The van der Waals surface area contributed by atoms with Crippen LogP contribution < -0.4 is 15.3 Å². The predicted octanol–water partition coefficient (Wildman–Crippen LogP) is 4.09. The second-order valence-corrected chi connectivity index (χ2v) is 8.30. The van der Waals surface area contributed by atoms with Crippen molar-refractivity contribution < 1.29 is 18.7 Å². The summed E-state index contributed by atoms with van der Waals surface area (Å²) in [5, 5.41) is 0.944. The van der Waals surface area contributed by atoms with Gasteiger partial charge in [0.1, 0.15) is 12.4 Å². The number of amides is 1. The van der Waals surface area contributed by atoms with Crippen LogP contribution in [0.15, 0.2) is 41.3 Å². The first-order valence-electron chi connectivity index (χ1n) is 7.67. The Hall–Kier alpha value is -1.69. The van der Waals surface area contributed by atoms with Gasteiger partial charge in [0.2, 0.25) is 0 Å². The van der Waals surface area contributed by atoms with Crippen LogP contribution in [0.4, 0.5) is 4.39 Å². The number of methoxy groups -OCH3 is 1. The van der Waals surface area contributed by atoms with Gasteiger partial charge in [-0.1, -0.05) is 42.2 Å². The minimum absolute atomic E-state index is 0.0736. The molecule has 1 fully saturated rings. The first-order valence-corrected chi connectivity index (χ1v) is 9.97. The molecule has 0 aromatic heterocycles. The maximum Gasteiger partial charge on any atom is 0.280 e. The van der Waals surface area contributed by atoms with Gasteiger partial charge in [-0.15, -0.1) is 0 Å². The number of thioether (sulfide) groups is 1. The number of rotatable bonds is 5. The fraction of sp³-hybridized carbons (Fsp3) is 0.111. The lowest BCUT2D eigenvalue weighted by Gasteiger charge is -2.14. The quantitative estimate of drug-likeness (QED) is 0.213. The molecule has 1 amide bonds. The van der Waals surface area contributed by atoms with Gasteiger partial charge < -0.3 is 9.47 Å². The van der Waals surface area contributed by atoms with Crippen molar-refractivity contribution in [2.45, 2.75) is 6.61 Å². The van der Waals surface area contributed by atoms with Gasteiger partial charge >= 0.3 is 0 Å². The van der Waals surface area contributed by atoms with Crippen LogP contribution >= 0.6 is 46.6 Å². The molecule has 1 saturated heterocycles. The molecule has 27 heavy (non-hydrogen) atoms. The van der Waals surface area contributed by atoms with E-state index in [4.69, 9.17) is 27.5 Å². The molecule has 140 valence electrons. The standard InChI is InChI=1S/C18H14FIN2O3S2/c1-24-14-7-10(8-15-17(23)22(21)18(26)27-15)6-13(20)16(14)25-9-11-4-2-3-5-12(11)19/h2-8H,9,21H2,1H3. The molecule has 0 spiro atoms. The summed E-state index contributed by atoms with van der Waals surface area (Å²) in [6, 6.07) is 10.0. The van der Waals surface area contributed by atoms with Crippen LogP contribution in [0.1, 0.15) is 11.1 Å². The van der Waals surface area contributed by atoms with Crippen LogP contribution in [0.25, 0.3) is 6.08 Å². The summed E-state index contributed by atoms with van der Waals surface area (Å²) in [5.74, 6) is 5.90. The van der Waals surface area contributed by atoms with Gasteiger partial charge in [0.15, 0.2) is 15.8 Å². The van der Waals surface area contributed by atoms with E-state index in [1.807, 2.05) is 6.07 Å². The molecule has 2 aromatic rings. The van der Waals surface area contributed by atoms with E-state index in [2.05, 4.69) is 22.6 Å². The third kappa shape index (κ3) is 4.42. The van der Waals surface area contributed by atoms with E-state index >= 15 is 0 Å². The van der Waals surface area contributed by atoms with Crippen LogP contribution in [0.5, 0.6) is 11.5 Å². The summed E-state index contributed by atoms with van der Waals surface area (Å²) in [6.45, 7) is 0.0736. The Labute approximate surface area is 178 Å². The van der Waals surface area contributed by atoms with E-state index in [1.165, 1.54) is 13.2 Å². The minimum Gasteiger partial charge on any atom is -0.493 e. The molecule has 5 nitrogen and oxygen atoms in total. The summed E-state index contributed by atoms with van der Waals surface area (Å²) in [6.07, 6.45) is 1.69. The number of ether oxygens (including phenoxy) is 2. The van der Waals surface area contributed by atoms with Crippen molar-refractivity contribution in [2.24, 2.45) is 5.84 Å². The molecule has 1 heterocycles. The Kier molecular flexibility index (Phi) is 6.35. The minimum atomic E-state index is -0.348. The number of thiocarbonyl (C=S) groups is 1. The number of nitrogens with zero attached hydrogens (tertiary/aromatic N) is 1. The van der Waals surface area contributed by atoms with Gasteiger partial charge in [-0.3, -0.25) is 4.79 Å². The first kappa shape index (κ1) is 20.1. The van der Waals surface area contributed by atoms with Gasteiger partial charge in [0.05, 0.1) is 15.6 Å². The lowest BCUT2D eigenvalue weighted by atomic mass is 10.1. The van der Waals surface area contributed by atoms with Crippen molar-refractivity contribution in [3.8, 4) is 11.5 Å². The van der Waals surface area contributed by atoms with Gasteiger partial charge in [0, 0.05) is 5.56 Å². The van der Waals surface area contributed by atoms with Gasteiger partial charge in [-0.25, -0.2) is 15.2 Å². The molecule has 2 aromatic carbocycles. The maximum absolute atomic E-state index is 13.8. The zero-order valence-electron chi connectivity index (χ0n) is 14.1. The van der Waals surface area contributed by atoms with E-state index in [0.717, 1.165) is 25.9 Å². The summed E-state index contributed by atoms with van der Waals surface area (Å²) >= 11 is 8.27. The Morgan fingerprint density at radius 3 is 2.74 bits per heavy atom. The van der Waals surface area contributed by atoms with Crippen LogP contribution in [0, 0.1) is 9.39 Å². The number of nitrogens with two attached hydrogens (primary N) is 1. The second-order valence-electron chi connectivity index (χ2n) is 5.47. The van der Waals surface area contributed by atoms with Crippen LogP contribution in [-0.4, -0.2) is 22.3 Å². The molecule has 1 aliphatic heterocycles. The predicted molar refractivity (Wildman–Crippen MR) is 116 cm³/mol. The molecule has 3 rings (SSSR count). The highest BCUT2D eigenvalue weighted by Crippen LogP contribution is 2.37. The van der Waals surface area contributed by atoms with Crippen LogP contribution in [0.2, 0.25) is 0 Å². The molecule has 0 atom stereocenters. The third-order valence-corrected chi connectivity index (χ3v) is 5.83. The molecular formula is C18H14FIN2O3S2. The highest BCUT2D eigenvalue weighted by Gasteiger charge is 2.29. The fourth-order valence-electron chi connectivity index (χ4n) is 2.36. The number of hydrazine groups is 1. The average molecular weight is 516 g/mol. The molecule has 1 aliphatic rings. The Morgan fingerprint density at radius 2 is 2.11 bits per heavy atom. The number of carbonyl (C=O) groups excluding carboxylic acids is 1. The molecule has 0 radical (unpaired) electrons. The maximum atomic E-state index is 13.8. The van der Waals surface area contributed by atoms with Gasteiger partial charge in [-0.05, 0) is 52.4 Å². The highest BCUT2D eigenvalue weighted by atomic mass is 127. The van der Waals surface area contributed by atoms with E-state index in [1.54, 1.807) is 30.3 Å². The van der Waals surface area contributed by atoms with Crippen molar-refractivity contribution >= 4 is 62.9 Å². The van der Waals surface area contributed by atoms with E-state index in [9.17, 15) is 9.18 Å². The SMILES string of the molecule is COc1cc(C=C2SC(=S)N(N)C2=O)cc(I)c1OCc1ccccc1F. The zero-order chi connectivity index (χ0) is 19.6. The number of hydrogen-bond donors (Lipinski definition) is 1. The molecule has 0 aliphatic carbocycles. The van der Waals surface area contributed by atoms with Crippen molar-refractivity contribution in [1.82, 2.24) is 5.01 Å². The number of carbonyl (C=O) groups is 1. The summed E-state index contributed by atoms with van der Waals surface area (Å²) < 4.78 is 26.1. The normalized spacial score (nSPS) is 15.6. The van der Waals surface area contributed by atoms with Crippen molar-refractivity contribution in [3.63, 3.8) is 0 Å². The van der Waals surface area contributed by atoms with Crippen LogP contribution in [0.3, 0.4) is 0 Å². The average Bonchev–Trinajstić information content (AvgIpc) is 2.88. The topological polar surface area (TPSA) is 64.8 Å². The summed E-state index contributed by atoms with van der Waals surface area (Å²) in [7, 11) is 1.52. The first-order chi connectivity index (χ1) is 12.9. The number of hydrogen-bond acceptors (Lipinski definition) is 6. The monoisotopic (exact) mass is 516 g/mol. The van der Waals surface area contributed by atoms with E-state index < -0.39 is 0 Å². The number of halogens is 2. The Balaban J connectivity index is 1.87. The third-order valence-electron chi connectivity index (χ3n) is 3.70. The fourth-order valence-corrected chi connectivity index (χ4v) is 4.24. The van der Waals surface area contributed by atoms with E-state index in [0.29, 0.717) is 26.3 Å². The van der Waals surface area contributed by atoms with Crippen molar-refractivity contribution in [3.05, 3.63) is 61.8 Å². The Morgan fingerprint density at radius 1 is 1.37 bits per heavy atom. The van der Waals surface area contributed by atoms with Crippen molar-refractivity contribution in [1.29, 1.82) is 0 Å². The number of benzene rings is 2. The molecule has 9 heteroatoms. The highest BCUT2D eigenvalue weighted by molar-refractivity contribution is 14.1. The summed E-state index contributed by atoms with van der Waals surface area (Å²) in [4.78, 5) is 12.5. The molecule has 2 N–H and O–H groups in total. The van der Waals surface area contributed by atoms with E-state index in [-0.39, 0.29) is 18.3 Å².